The maximum atomic E-state index is 14.5. The van der Waals surface area contributed by atoms with Crippen molar-refractivity contribution >= 4 is 34.6 Å². The Bertz CT molecular complexity index is 1770. The van der Waals surface area contributed by atoms with Gasteiger partial charge in [-0.2, -0.15) is 0 Å². The Kier molecular flexibility index (Phi) is 11.6. The van der Waals surface area contributed by atoms with Crippen LogP contribution in [-0.4, -0.2) is 85.9 Å². The Morgan fingerprint density at radius 2 is 1.67 bits per heavy atom. The third kappa shape index (κ3) is 8.40. The summed E-state index contributed by atoms with van der Waals surface area (Å²) in [5, 5.41) is 6.45. The Hall–Kier alpha value is -5.32. The number of nitrogens with zero attached hydrogens (tertiary/aromatic N) is 2. The zero-order valence-corrected chi connectivity index (χ0v) is 28.5. The maximum absolute atomic E-state index is 14.5. The van der Waals surface area contributed by atoms with Crippen LogP contribution in [-0.2, 0) is 20.8 Å². The second-order valence-corrected chi connectivity index (χ2v) is 12.1. The molecule has 0 spiro atoms. The summed E-state index contributed by atoms with van der Waals surface area (Å²) in [5.74, 6) is 0.491. The Balaban J connectivity index is 1.43. The number of amides is 4. The standard InChI is InChI=1S/C38H44N4O7/c1-5-48-29-18-19-32-30(24-29)34(35(49-32)27-11-7-6-8-12-27)38(46)42-21-9-13-33(43)40-31(23-26-14-16-28(47-4)17-15-26)37(45)41(3)25(2)36(44)39-20-10-22-42/h6-8,11-12,14-19,24-25,31H,5,9-10,13,20-23H2,1-4H3,(H,39,44)(H,40,43)/t25-,31-/m0/s1. The van der Waals surface area contributed by atoms with Gasteiger partial charge in [-0.25, -0.2) is 0 Å². The van der Waals surface area contributed by atoms with Crippen molar-refractivity contribution in [2.24, 2.45) is 0 Å². The fourth-order valence-electron chi connectivity index (χ4n) is 5.95. The quantitative estimate of drug-likeness (QED) is 0.289. The van der Waals surface area contributed by atoms with E-state index < -0.39 is 12.1 Å². The average molecular weight is 669 g/mol. The van der Waals surface area contributed by atoms with E-state index in [2.05, 4.69) is 10.6 Å². The molecule has 0 saturated carbocycles. The van der Waals surface area contributed by atoms with E-state index in [1.165, 1.54) is 4.90 Å². The topological polar surface area (TPSA) is 130 Å². The largest absolute Gasteiger partial charge is 0.497 e. The molecule has 0 radical (unpaired) electrons. The summed E-state index contributed by atoms with van der Waals surface area (Å²) in [6.45, 7) is 4.93. The molecule has 0 bridgehead atoms. The van der Waals surface area contributed by atoms with Crippen LogP contribution >= 0.6 is 0 Å². The van der Waals surface area contributed by atoms with Crippen molar-refractivity contribution in [2.45, 2.75) is 51.6 Å². The summed E-state index contributed by atoms with van der Waals surface area (Å²) >= 11 is 0. The normalized spacial score (nSPS) is 18.3. The zero-order valence-electron chi connectivity index (χ0n) is 28.5. The third-order valence-corrected chi connectivity index (χ3v) is 8.78. The van der Waals surface area contributed by atoms with Gasteiger partial charge in [0, 0.05) is 50.5 Å². The molecule has 4 amide bonds. The molecule has 11 nitrogen and oxygen atoms in total. The molecular weight excluding hydrogens is 624 g/mol. The number of nitrogens with one attached hydrogen (secondary N) is 2. The van der Waals surface area contributed by atoms with E-state index in [0.29, 0.717) is 66.3 Å². The highest BCUT2D eigenvalue weighted by Crippen LogP contribution is 2.36. The molecule has 5 rings (SSSR count). The Morgan fingerprint density at radius 1 is 0.959 bits per heavy atom. The lowest BCUT2D eigenvalue weighted by atomic mass is 10.0. The molecule has 0 unspecified atom stereocenters. The molecule has 2 N–H and O–H groups in total. The highest BCUT2D eigenvalue weighted by Gasteiger charge is 2.31. The Labute approximate surface area is 286 Å². The SMILES string of the molecule is CCOc1ccc2oc(-c3ccccc3)c(C(=O)N3CCCNC(=O)[C@H](C)N(C)C(=O)[C@H](Cc4ccc(OC)cc4)NC(=O)CCC3)c2c1. The number of methoxy groups -OCH3 is 1. The van der Waals surface area contributed by atoms with E-state index in [4.69, 9.17) is 13.9 Å². The van der Waals surface area contributed by atoms with Crippen molar-refractivity contribution < 1.29 is 33.1 Å². The molecule has 0 aliphatic carbocycles. The first kappa shape index (κ1) is 35.0. The van der Waals surface area contributed by atoms with Gasteiger partial charge in [0.15, 0.2) is 0 Å². The van der Waals surface area contributed by atoms with Gasteiger partial charge in [-0.3, -0.25) is 19.2 Å². The van der Waals surface area contributed by atoms with Crippen LogP contribution in [0.1, 0.15) is 49.0 Å². The van der Waals surface area contributed by atoms with E-state index in [1.807, 2.05) is 61.5 Å². The van der Waals surface area contributed by atoms with Gasteiger partial charge in [-0.1, -0.05) is 42.5 Å². The number of carbonyl (C=O) groups excluding carboxylic acids is 4. The summed E-state index contributed by atoms with van der Waals surface area (Å²) in [6, 6.07) is 20.5. The summed E-state index contributed by atoms with van der Waals surface area (Å²) in [4.78, 5) is 57.7. The molecule has 1 fully saturated rings. The van der Waals surface area contributed by atoms with Crippen LogP contribution in [0.5, 0.6) is 11.5 Å². The van der Waals surface area contributed by atoms with Gasteiger partial charge in [-0.05, 0) is 62.6 Å². The van der Waals surface area contributed by atoms with E-state index >= 15 is 0 Å². The number of hydrogen-bond donors (Lipinski definition) is 2. The number of rotatable bonds is 7. The van der Waals surface area contributed by atoms with Crippen LogP contribution < -0.4 is 20.1 Å². The lowest BCUT2D eigenvalue weighted by molar-refractivity contribution is -0.141. The van der Waals surface area contributed by atoms with Crippen LogP contribution in [0, 0.1) is 0 Å². The molecule has 1 aromatic heterocycles. The van der Waals surface area contributed by atoms with E-state index in [-0.39, 0.29) is 43.0 Å². The minimum Gasteiger partial charge on any atom is -0.497 e. The van der Waals surface area contributed by atoms with Crippen LogP contribution in [0.2, 0.25) is 0 Å². The zero-order chi connectivity index (χ0) is 34.9. The van der Waals surface area contributed by atoms with Gasteiger partial charge < -0.3 is 34.3 Å². The number of carbonyl (C=O) groups is 4. The van der Waals surface area contributed by atoms with Crippen LogP contribution in [0.4, 0.5) is 0 Å². The number of benzene rings is 3. The summed E-state index contributed by atoms with van der Waals surface area (Å²) in [7, 11) is 3.14. The summed E-state index contributed by atoms with van der Waals surface area (Å²) in [6.07, 6.45) is 1.16. The fraction of sp³-hybridized carbons (Fsp3) is 0.368. The lowest BCUT2D eigenvalue weighted by Crippen LogP contribution is -2.54. The van der Waals surface area contributed by atoms with Crippen LogP contribution in [0.3, 0.4) is 0 Å². The molecule has 1 aliphatic rings. The molecule has 2 atom stereocenters. The minimum atomic E-state index is -0.894. The van der Waals surface area contributed by atoms with Gasteiger partial charge in [0.05, 0.1) is 19.3 Å². The van der Waals surface area contributed by atoms with Crippen molar-refractivity contribution in [3.63, 3.8) is 0 Å². The average Bonchev–Trinajstić information content (AvgIpc) is 3.50. The van der Waals surface area contributed by atoms with Gasteiger partial charge in [-0.15, -0.1) is 0 Å². The molecule has 258 valence electrons. The molecule has 11 heteroatoms. The molecule has 49 heavy (non-hydrogen) atoms. The van der Waals surface area contributed by atoms with Crippen molar-refractivity contribution in [1.82, 2.24) is 20.4 Å². The monoisotopic (exact) mass is 668 g/mol. The highest BCUT2D eigenvalue weighted by molar-refractivity contribution is 6.11. The van der Waals surface area contributed by atoms with Gasteiger partial charge in [0.1, 0.15) is 34.9 Å². The van der Waals surface area contributed by atoms with Crippen LogP contribution in [0.25, 0.3) is 22.3 Å². The third-order valence-electron chi connectivity index (χ3n) is 8.78. The first-order chi connectivity index (χ1) is 23.7. The van der Waals surface area contributed by atoms with Gasteiger partial charge >= 0.3 is 0 Å². The predicted molar refractivity (Wildman–Crippen MR) is 186 cm³/mol. The number of fused-ring (bicyclic) bond motifs is 1. The summed E-state index contributed by atoms with van der Waals surface area (Å²) in [5.41, 5.74) is 2.56. The molecule has 1 aliphatic heterocycles. The minimum absolute atomic E-state index is 0.0960. The number of ether oxygens (including phenoxy) is 2. The van der Waals surface area contributed by atoms with E-state index in [1.54, 1.807) is 44.2 Å². The molecular formula is C38H44N4O7. The van der Waals surface area contributed by atoms with Gasteiger partial charge in [0.25, 0.3) is 5.91 Å². The van der Waals surface area contributed by atoms with Crippen molar-refractivity contribution in [2.75, 3.05) is 40.4 Å². The Morgan fingerprint density at radius 3 is 2.39 bits per heavy atom. The second-order valence-electron chi connectivity index (χ2n) is 12.1. The van der Waals surface area contributed by atoms with Crippen molar-refractivity contribution in [3.8, 4) is 22.8 Å². The molecule has 4 aromatic rings. The van der Waals surface area contributed by atoms with E-state index in [0.717, 1.165) is 11.1 Å². The van der Waals surface area contributed by atoms with Crippen LogP contribution in [0.15, 0.2) is 77.2 Å². The predicted octanol–water partition coefficient (Wildman–Crippen LogP) is 4.82. The fourth-order valence-corrected chi connectivity index (χ4v) is 5.95. The van der Waals surface area contributed by atoms with Gasteiger partial charge in [0.2, 0.25) is 17.7 Å². The van der Waals surface area contributed by atoms with E-state index in [9.17, 15) is 19.2 Å². The van der Waals surface area contributed by atoms with Crippen molar-refractivity contribution in [1.29, 1.82) is 0 Å². The summed E-state index contributed by atoms with van der Waals surface area (Å²) < 4.78 is 17.3. The highest BCUT2D eigenvalue weighted by atomic mass is 16.5. The molecule has 1 saturated heterocycles. The molecule has 2 heterocycles. The number of likely N-dealkylation sites (N-methyl/N-ethyl adjacent to an activating group) is 1. The van der Waals surface area contributed by atoms with Crippen molar-refractivity contribution in [3.05, 3.63) is 83.9 Å². The maximum Gasteiger partial charge on any atom is 0.258 e. The first-order valence-corrected chi connectivity index (χ1v) is 16.7. The smallest absolute Gasteiger partial charge is 0.258 e. The molecule has 3 aromatic carbocycles. The second kappa shape index (κ2) is 16.2. The number of hydrogen-bond acceptors (Lipinski definition) is 7. The number of furan rings is 1. The lowest BCUT2D eigenvalue weighted by Gasteiger charge is -2.29. The first-order valence-electron chi connectivity index (χ1n) is 16.7.